The number of methoxy groups -OCH3 is 2. The molecule has 8 heteroatoms. The van der Waals surface area contributed by atoms with Crippen molar-refractivity contribution in [1.29, 1.82) is 0 Å². The standard InChI is InChI=1S/C30H28FNO6/c1-4-5-14-37-24-12-8-19(15-25(24)36-3)27-26-28(33)22-16-20(31)9-13-23(22)38-29(26)30(34)32(27)17-18-6-10-21(35-2)11-7-18/h6-13,15-16,27H,4-5,14,17H2,1-3H3. The summed E-state index contributed by atoms with van der Waals surface area (Å²) in [5.74, 6) is 0.718. The number of unbranched alkanes of at least 4 members (excludes halogenated alkanes) is 1. The smallest absolute Gasteiger partial charge is 0.291 e. The molecule has 38 heavy (non-hydrogen) atoms. The Morgan fingerprint density at radius 1 is 0.947 bits per heavy atom. The predicted octanol–water partition coefficient (Wildman–Crippen LogP) is 5.87. The maximum atomic E-state index is 14.1. The SMILES string of the molecule is CCCCOc1ccc(C2c3c(oc4ccc(F)cc4c3=O)C(=O)N2Cc2ccc(OC)cc2)cc1OC. The molecule has 7 nitrogen and oxygen atoms in total. The van der Waals surface area contributed by atoms with Gasteiger partial charge in [-0.3, -0.25) is 9.59 Å². The van der Waals surface area contributed by atoms with E-state index in [0.29, 0.717) is 29.4 Å². The number of rotatable bonds is 9. The van der Waals surface area contributed by atoms with E-state index in [1.807, 2.05) is 30.3 Å². The van der Waals surface area contributed by atoms with E-state index in [1.165, 1.54) is 12.1 Å². The lowest BCUT2D eigenvalue weighted by Crippen LogP contribution is -2.29. The molecule has 0 fully saturated rings. The van der Waals surface area contributed by atoms with Gasteiger partial charge in [0.05, 0.1) is 37.8 Å². The van der Waals surface area contributed by atoms with Crippen LogP contribution in [-0.4, -0.2) is 31.6 Å². The van der Waals surface area contributed by atoms with Crippen molar-refractivity contribution in [2.24, 2.45) is 0 Å². The minimum atomic E-state index is -0.776. The van der Waals surface area contributed by atoms with Gasteiger partial charge in [0.15, 0.2) is 16.9 Å². The molecule has 0 N–H and O–H groups in total. The van der Waals surface area contributed by atoms with E-state index in [0.717, 1.165) is 24.5 Å². The van der Waals surface area contributed by atoms with E-state index in [4.69, 9.17) is 18.6 Å². The first-order valence-electron chi connectivity index (χ1n) is 12.5. The number of carbonyl (C=O) groups excluding carboxylic acids is 1. The molecule has 2 heterocycles. The van der Waals surface area contributed by atoms with Crippen molar-refractivity contribution in [2.75, 3.05) is 20.8 Å². The fraction of sp³-hybridized carbons (Fsp3) is 0.267. The third-order valence-corrected chi connectivity index (χ3v) is 6.70. The summed E-state index contributed by atoms with van der Waals surface area (Å²) in [7, 11) is 3.12. The number of benzene rings is 3. The first-order chi connectivity index (χ1) is 18.4. The number of halogens is 1. The van der Waals surface area contributed by atoms with E-state index in [9.17, 15) is 14.0 Å². The van der Waals surface area contributed by atoms with Crippen LogP contribution in [0.5, 0.6) is 17.2 Å². The summed E-state index contributed by atoms with van der Waals surface area (Å²) in [5, 5.41) is 0.0827. The molecule has 5 rings (SSSR count). The zero-order chi connectivity index (χ0) is 26.8. The topological polar surface area (TPSA) is 78.2 Å². The highest BCUT2D eigenvalue weighted by Gasteiger charge is 2.43. The van der Waals surface area contributed by atoms with E-state index in [1.54, 1.807) is 31.3 Å². The summed E-state index contributed by atoms with van der Waals surface area (Å²) in [6, 6.07) is 15.6. The van der Waals surface area contributed by atoms with Gasteiger partial charge in [-0.1, -0.05) is 31.5 Å². The number of hydrogen-bond acceptors (Lipinski definition) is 6. The van der Waals surface area contributed by atoms with Crippen LogP contribution < -0.4 is 19.6 Å². The molecule has 1 aliphatic rings. The van der Waals surface area contributed by atoms with Crippen LogP contribution in [-0.2, 0) is 6.54 Å². The maximum absolute atomic E-state index is 14.1. The second-order valence-corrected chi connectivity index (χ2v) is 9.11. The summed E-state index contributed by atoms with van der Waals surface area (Å²) in [5.41, 5.74) is 1.37. The fourth-order valence-electron chi connectivity index (χ4n) is 4.73. The van der Waals surface area contributed by atoms with Gasteiger partial charge in [-0.25, -0.2) is 4.39 Å². The van der Waals surface area contributed by atoms with Crippen LogP contribution in [0.15, 0.2) is 69.9 Å². The quantitative estimate of drug-likeness (QED) is 0.258. The largest absolute Gasteiger partial charge is 0.497 e. The molecule has 1 unspecified atom stereocenters. The highest BCUT2D eigenvalue weighted by Crippen LogP contribution is 2.42. The molecule has 0 saturated carbocycles. The minimum absolute atomic E-state index is 0.0464. The van der Waals surface area contributed by atoms with Gasteiger partial charge in [-0.15, -0.1) is 0 Å². The van der Waals surface area contributed by atoms with Crippen molar-refractivity contribution < 1.29 is 27.8 Å². The molecule has 0 saturated heterocycles. The number of amides is 1. The van der Waals surface area contributed by atoms with E-state index >= 15 is 0 Å². The first-order valence-corrected chi connectivity index (χ1v) is 12.5. The van der Waals surface area contributed by atoms with Crippen molar-refractivity contribution in [2.45, 2.75) is 32.4 Å². The first kappa shape index (κ1) is 25.3. The maximum Gasteiger partial charge on any atom is 0.291 e. The molecule has 0 spiro atoms. The van der Waals surface area contributed by atoms with Gasteiger partial charge >= 0.3 is 0 Å². The normalized spacial score (nSPS) is 14.6. The Bertz CT molecular complexity index is 1550. The summed E-state index contributed by atoms with van der Waals surface area (Å²) in [6.45, 7) is 2.83. The third-order valence-electron chi connectivity index (χ3n) is 6.70. The van der Waals surface area contributed by atoms with Gasteiger partial charge in [-0.05, 0) is 60.0 Å². The molecule has 0 radical (unpaired) electrons. The number of carbonyl (C=O) groups is 1. The summed E-state index contributed by atoms with van der Waals surface area (Å²) >= 11 is 0. The van der Waals surface area contributed by atoms with Crippen LogP contribution >= 0.6 is 0 Å². The lowest BCUT2D eigenvalue weighted by molar-refractivity contribution is 0.0714. The van der Waals surface area contributed by atoms with Crippen molar-refractivity contribution in [3.8, 4) is 17.2 Å². The number of fused-ring (bicyclic) bond motifs is 2. The zero-order valence-electron chi connectivity index (χ0n) is 21.5. The average Bonchev–Trinajstić information content (AvgIpc) is 3.21. The van der Waals surface area contributed by atoms with Gasteiger partial charge < -0.3 is 23.5 Å². The Morgan fingerprint density at radius 2 is 1.74 bits per heavy atom. The molecule has 3 aromatic carbocycles. The van der Waals surface area contributed by atoms with Gasteiger partial charge in [0.25, 0.3) is 5.91 Å². The fourth-order valence-corrected chi connectivity index (χ4v) is 4.73. The van der Waals surface area contributed by atoms with Gasteiger partial charge in [0, 0.05) is 6.54 Å². The monoisotopic (exact) mass is 517 g/mol. The van der Waals surface area contributed by atoms with Crippen LogP contribution in [0.25, 0.3) is 11.0 Å². The second-order valence-electron chi connectivity index (χ2n) is 9.11. The number of hydrogen-bond donors (Lipinski definition) is 0. The van der Waals surface area contributed by atoms with Crippen molar-refractivity contribution in [3.05, 3.63) is 99.2 Å². The molecule has 1 aromatic heterocycles. The highest BCUT2D eigenvalue weighted by molar-refractivity contribution is 5.99. The molecular weight excluding hydrogens is 489 g/mol. The summed E-state index contributed by atoms with van der Waals surface area (Å²) < 4.78 is 36.7. The molecular formula is C30H28FNO6. The van der Waals surface area contributed by atoms with E-state index < -0.39 is 23.2 Å². The van der Waals surface area contributed by atoms with Crippen LogP contribution in [0.4, 0.5) is 4.39 Å². The lowest BCUT2D eigenvalue weighted by Gasteiger charge is -2.26. The van der Waals surface area contributed by atoms with Crippen LogP contribution in [0.1, 0.15) is 53.1 Å². The molecule has 0 bridgehead atoms. The highest BCUT2D eigenvalue weighted by atomic mass is 19.1. The Balaban J connectivity index is 1.64. The Hall–Kier alpha value is -4.33. The Morgan fingerprint density at radius 3 is 2.45 bits per heavy atom. The van der Waals surface area contributed by atoms with Crippen LogP contribution in [0.3, 0.4) is 0 Å². The van der Waals surface area contributed by atoms with Crippen molar-refractivity contribution >= 4 is 16.9 Å². The summed E-state index contributed by atoms with van der Waals surface area (Å²) in [4.78, 5) is 29.0. The molecule has 196 valence electrons. The number of nitrogens with zero attached hydrogens (tertiary/aromatic N) is 1. The predicted molar refractivity (Wildman–Crippen MR) is 141 cm³/mol. The Kier molecular flexibility index (Phi) is 7.05. The van der Waals surface area contributed by atoms with Gasteiger partial charge in [0.2, 0.25) is 5.76 Å². The van der Waals surface area contributed by atoms with Crippen LogP contribution in [0, 0.1) is 5.82 Å². The molecule has 1 atom stereocenters. The van der Waals surface area contributed by atoms with E-state index in [-0.39, 0.29) is 28.8 Å². The zero-order valence-corrected chi connectivity index (χ0v) is 21.5. The van der Waals surface area contributed by atoms with Crippen LogP contribution in [0.2, 0.25) is 0 Å². The number of ether oxygens (including phenoxy) is 3. The molecule has 1 amide bonds. The van der Waals surface area contributed by atoms with Gasteiger partial charge in [-0.2, -0.15) is 0 Å². The third kappa shape index (κ3) is 4.58. The lowest BCUT2D eigenvalue weighted by atomic mass is 9.97. The molecule has 4 aromatic rings. The molecule has 1 aliphatic heterocycles. The molecule has 0 aliphatic carbocycles. The Labute approximate surface area is 219 Å². The average molecular weight is 518 g/mol. The minimum Gasteiger partial charge on any atom is -0.497 e. The second kappa shape index (κ2) is 10.6. The summed E-state index contributed by atoms with van der Waals surface area (Å²) in [6.07, 6.45) is 1.89. The van der Waals surface area contributed by atoms with Crippen molar-refractivity contribution in [1.82, 2.24) is 4.90 Å². The van der Waals surface area contributed by atoms with Crippen molar-refractivity contribution in [3.63, 3.8) is 0 Å². The van der Waals surface area contributed by atoms with Gasteiger partial charge in [0.1, 0.15) is 17.1 Å². The van der Waals surface area contributed by atoms with E-state index in [2.05, 4.69) is 6.92 Å².